The molecule has 0 aliphatic carbocycles. The number of halogens is 1. The zero-order valence-corrected chi connectivity index (χ0v) is 16.0. The Morgan fingerprint density at radius 2 is 2.23 bits per heavy atom. The van der Waals surface area contributed by atoms with Crippen LogP contribution >= 0.6 is 11.6 Å². The molecule has 0 unspecified atom stereocenters. The third-order valence-electron chi connectivity index (χ3n) is 4.80. The predicted octanol–water partition coefficient (Wildman–Crippen LogP) is 2.82. The smallest absolute Gasteiger partial charge is 0.253 e. The molecule has 1 amide bonds. The van der Waals surface area contributed by atoms with Crippen LogP contribution in [0.1, 0.15) is 34.9 Å². The number of benzene rings is 1. The lowest BCUT2D eigenvalue weighted by Crippen LogP contribution is -2.39. The first-order valence-corrected chi connectivity index (χ1v) is 9.27. The van der Waals surface area contributed by atoms with Crippen LogP contribution in [-0.2, 0) is 6.54 Å². The number of hydrogen-bond acceptors (Lipinski definition) is 4. The second-order valence-electron chi connectivity index (χ2n) is 7.04. The summed E-state index contributed by atoms with van der Waals surface area (Å²) < 4.78 is 2.19. The Morgan fingerprint density at radius 3 is 2.96 bits per heavy atom. The molecule has 7 heteroatoms. The molecule has 2 heterocycles. The van der Waals surface area contributed by atoms with Gasteiger partial charge in [-0.3, -0.25) is 4.79 Å². The number of carbonyl (C=O) groups excluding carboxylic acids is 1. The van der Waals surface area contributed by atoms with Gasteiger partial charge in [-0.2, -0.15) is 0 Å². The van der Waals surface area contributed by atoms with Gasteiger partial charge in [-0.15, -0.1) is 0 Å². The third-order valence-corrected chi connectivity index (χ3v) is 5.11. The summed E-state index contributed by atoms with van der Waals surface area (Å²) in [5, 5.41) is 9.75. The van der Waals surface area contributed by atoms with Gasteiger partial charge in [0.15, 0.2) is 0 Å². The molecule has 1 fully saturated rings. The highest BCUT2D eigenvalue weighted by Crippen LogP contribution is 2.29. The van der Waals surface area contributed by atoms with Crippen LogP contribution in [0.2, 0.25) is 5.02 Å². The van der Waals surface area contributed by atoms with Crippen molar-refractivity contribution in [3.8, 4) is 5.75 Å². The monoisotopic (exact) mass is 376 g/mol. The Labute approximate surface area is 159 Å². The second kappa shape index (κ2) is 8.10. The highest BCUT2D eigenvalue weighted by molar-refractivity contribution is 6.32. The number of phenolic OH excluding ortho intramolecular Hbond substituents is 1. The van der Waals surface area contributed by atoms with Gasteiger partial charge in [-0.25, -0.2) is 4.98 Å². The van der Waals surface area contributed by atoms with Crippen molar-refractivity contribution in [3.05, 3.63) is 47.0 Å². The largest absolute Gasteiger partial charge is 0.506 e. The number of likely N-dealkylation sites (tertiary alicyclic amines) is 1. The molecule has 0 bridgehead atoms. The predicted molar refractivity (Wildman–Crippen MR) is 102 cm³/mol. The Balaban J connectivity index is 1.72. The second-order valence-corrected chi connectivity index (χ2v) is 7.45. The minimum Gasteiger partial charge on any atom is -0.506 e. The molecule has 0 spiro atoms. The van der Waals surface area contributed by atoms with E-state index < -0.39 is 0 Å². The summed E-state index contributed by atoms with van der Waals surface area (Å²) in [7, 11) is 4.11. The van der Waals surface area contributed by atoms with Crippen molar-refractivity contribution in [2.75, 3.05) is 33.7 Å². The van der Waals surface area contributed by atoms with Crippen LogP contribution < -0.4 is 0 Å². The number of rotatable bonds is 5. The summed E-state index contributed by atoms with van der Waals surface area (Å²) in [6.45, 7) is 3.22. The molecule has 1 aromatic carbocycles. The maximum absolute atomic E-state index is 12.8. The number of nitrogens with zero attached hydrogens (tertiary/aromatic N) is 4. The fourth-order valence-electron chi connectivity index (χ4n) is 3.37. The van der Waals surface area contributed by atoms with Crippen molar-refractivity contribution in [3.63, 3.8) is 0 Å². The zero-order chi connectivity index (χ0) is 18.7. The average Bonchev–Trinajstić information content (AvgIpc) is 3.10. The minimum absolute atomic E-state index is 0.0114. The Bertz CT molecular complexity index is 775. The highest BCUT2D eigenvalue weighted by atomic mass is 35.5. The van der Waals surface area contributed by atoms with Crippen LogP contribution in [0.5, 0.6) is 5.75 Å². The van der Waals surface area contributed by atoms with Gasteiger partial charge < -0.3 is 19.5 Å². The van der Waals surface area contributed by atoms with Crippen molar-refractivity contribution in [1.82, 2.24) is 19.4 Å². The normalized spacial score (nSPS) is 17.7. The Kier molecular flexibility index (Phi) is 5.84. The summed E-state index contributed by atoms with van der Waals surface area (Å²) in [5.41, 5.74) is 0.504. The molecular formula is C19H25ClN4O2. The maximum atomic E-state index is 12.8. The van der Waals surface area contributed by atoms with E-state index in [1.807, 2.05) is 17.3 Å². The van der Waals surface area contributed by atoms with Crippen LogP contribution in [0.15, 0.2) is 30.6 Å². The molecule has 3 rings (SSSR count). The van der Waals surface area contributed by atoms with Crippen LogP contribution in [-0.4, -0.2) is 64.1 Å². The van der Waals surface area contributed by atoms with E-state index in [-0.39, 0.29) is 22.6 Å². The number of hydrogen-bond donors (Lipinski definition) is 1. The number of likely N-dealkylation sites (N-methyl/N-ethyl adjacent to an activating group) is 1. The summed E-state index contributed by atoms with van der Waals surface area (Å²) in [6.07, 6.45) is 5.83. The van der Waals surface area contributed by atoms with Crippen LogP contribution in [0.4, 0.5) is 0 Å². The zero-order valence-electron chi connectivity index (χ0n) is 15.2. The highest BCUT2D eigenvalue weighted by Gasteiger charge is 2.28. The van der Waals surface area contributed by atoms with Crippen LogP contribution in [0.25, 0.3) is 0 Å². The lowest BCUT2D eigenvalue weighted by atomic mass is 9.96. The average molecular weight is 377 g/mol. The number of phenols is 1. The van der Waals surface area contributed by atoms with Crippen LogP contribution in [0, 0.1) is 0 Å². The Morgan fingerprint density at radius 1 is 1.42 bits per heavy atom. The lowest BCUT2D eigenvalue weighted by Gasteiger charge is -2.33. The van der Waals surface area contributed by atoms with Gasteiger partial charge in [0.05, 0.1) is 5.02 Å². The molecule has 2 aromatic rings. The number of imidazole rings is 1. The molecular weight excluding hydrogens is 352 g/mol. The topological polar surface area (TPSA) is 61.6 Å². The molecule has 1 N–H and O–H groups in total. The molecule has 1 saturated heterocycles. The molecule has 1 aliphatic heterocycles. The lowest BCUT2D eigenvalue weighted by molar-refractivity contribution is 0.0703. The first-order valence-electron chi connectivity index (χ1n) is 8.89. The first kappa shape index (κ1) is 18.7. The molecule has 1 aliphatic rings. The fourth-order valence-corrected chi connectivity index (χ4v) is 3.55. The maximum Gasteiger partial charge on any atom is 0.253 e. The van der Waals surface area contributed by atoms with E-state index in [9.17, 15) is 9.90 Å². The molecule has 26 heavy (non-hydrogen) atoms. The van der Waals surface area contributed by atoms with Gasteiger partial charge in [0.1, 0.15) is 11.6 Å². The summed E-state index contributed by atoms with van der Waals surface area (Å²) in [5.74, 6) is 1.22. The van der Waals surface area contributed by atoms with E-state index in [0.29, 0.717) is 12.1 Å². The fraction of sp³-hybridized carbons (Fsp3) is 0.474. The van der Waals surface area contributed by atoms with Gasteiger partial charge >= 0.3 is 0 Å². The molecule has 0 radical (unpaired) electrons. The van der Waals surface area contributed by atoms with Crippen molar-refractivity contribution in [2.45, 2.75) is 25.3 Å². The molecule has 1 atom stereocenters. The van der Waals surface area contributed by atoms with Crippen molar-refractivity contribution in [1.29, 1.82) is 0 Å². The van der Waals surface area contributed by atoms with E-state index >= 15 is 0 Å². The number of amides is 1. The molecule has 140 valence electrons. The third kappa shape index (κ3) is 4.19. The van der Waals surface area contributed by atoms with Gasteiger partial charge in [0.25, 0.3) is 5.91 Å². The molecule has 6 nitrogen and oxygen atoms in total. The number of carbonyl (C=O) groups is 1. The summed E-state index contributed by atoms with van der Waals surface area (Å²) in [4.78, 5) is 21.4. The van der Waals surface area contributed by atoms with Crippen molar-refractivity contribution < 1.29 is 9.90 Å². The van der Waals surface area contributed by atoms with Crippen LogP contribution in [0.3, 0.4) is 0 Å². The van der Waals surface area contributed by atoms with E-state index in [4.69, 9.17) is 11.6 Å². The number of aromatic hydroxyl groups is 1. The van der Waals surface area contributed by atoms with E-state index in [1.54, 1.807) is 6.07 Å². The quantitative estimate of drug-likeness (QED) is 0.871. The van der Waals surface area contributed by atoms with Gasteiger partial charge in [-0.1, -0.05) is 11.6 Å². The van der Waals surface area contributed by atoms with Crippen molar-refractivity contribution in [2.24, 2.45) is 0 Å². The van der Waals surface area contributed by atoms with Crippen molar-refractivity contribution >= 4 is 17.5 Å². The minimum atomic E-state index is -0.0528. The van der Waals surface area contributed by atoms with E-state index in [1.165, 1.54) is 12.1 Å². The van der Waals surface area contributed by atoms with E-state index in [2.05, 4.69) is 28.5 Å². The van der Waals surface area contributed by atoms with Gasteiger partial charge in [0, 0.05) is 50.1 Å². The van der Waals surface area contributed by atoms with Gasteiger partial charge in [0.2, 0.25) is 0 Å². The SMILES string of the molecule is CN(C)CCn1ccnc1[C@@H]1CCCN(C(=O)c2ccc(O)c(Cl)c2)C1. The number of aromatic nitrogens is 2. The standard InChI is InChI=1S/C19H25ClN4O2/c1-22(2)10-11-23-9-7-21-18(23)15-4-3-8-24(13-15)19(26)14-5-6-17(25)16(20)12-14/h5-7,9,12,15,25H,3-4,8,10-11,13H2,1-2H3/t15-/m1/s1. The Hall–Kier alpha value is -2.05. The first-order chi connectivity index (χ1) is 12.5. The summed E-state index contributed by atoms with van der Waals surface area (Å²) >= 11 is 5.95. The van der Waals surface area contributed by atoms with Gasteiger partial charge in [-0.05, 0) is 45.1 Å². The molecule has 0 saturated carbocycles. The number of piperidine rings is 1. The van der Waals surface area contributed by atoms with E-state index in [0.717, 1.165) is 38.3 Å². The molecule has 1 aromatic heterocycles. The summed E-state index contributed by atoms with van der Waals surface area (Å²) in [6, 6.07) is 4.61.